The fourth-order valence-electron chi connectivity index (χ4n) is 1.88. The number of amides is 1. The van der Waals surface area contributed by atoms with Gasteiger partial charge in [-0.2, -0.15) is 0 Å². The van der Waals surface area contributed by atoms with E-state index in [1.807, 2.05) is 12.3 Å². The molecular weight excluding hydrogens is 317 g/mol. The average molecular weight is 337 g/mol. The quantitative estimate of drug-likeness (QED) is 0.841. The van der Waals surface area contributed by atoms with Gasteiger partial charge in [-0.05, 0) is 45.9 Å². The van der Waals surface area contributed by atoms with Crippen LogP contribution in [-0.4, -0.2) is 16.7 Å². The number of nitrogens with one attached hydrogen (secondary N) is 2. The number of carbonyl (C=O) groups is 1. The first-order valence-corrected chi connectivity index (χ1v) is 8.08. The highest BCUT2D eigenvalue weighted by Crippen LogP contribution is 2.25. The van der Waals surface area contributed by atoms with Gasteiger partial charge in [0.1, 0.15) is 16.4 Å². The van der Waals surface area contributed by atoms with Gasteiger partial charge in [-0.1, -0.05) is 0 Å². The Kier molecular flexibility index (Phi) is 5.20. The highest BCUT2D eigenvalue weighted by molar-refractivity contribution is 7.09. The van der Waals surface area contributed by atoms with Crippen LogP contribution in [0.25, 0.3) is 0 Å². The van der Waals surface area contributed by atoms with Crippen molar-refractivity contribution in [2.75, 3.05) is 10.6 Å². The van der Waals surface area contributed by atoms with Crippen molar-refractivity contribution in [2.24, 2.45) is 0 Å². The third-order valence-corrected chi connectivity index (χ3v) is 3.77. The number of nitrogens with zero attached hydrogens (tertiary/aromatic N) is 1. The number of hydrogen-bond acceptors (Lipinski definition) is 5. The van der Waals surface area contributed by atoms with Gasteiger partial charge in [0, 0.05) is 17.3 Å². The van der Waals surface area contributed by atoms with Crippen molar-refractivity contribution in [3.05, 3.63) is 40.6 Å². The van der Waals surface area contributed by atoms with Gasteiger partial charge in [-0.25, -0.2) is 14.2 Å². The minimum absolute atomic E-state index is 0.0187. The molecule has 23 heavy (non-hydrogen) atoms. The summed E-state index contributed by atoms with van der Waals surface area (Å²) in [6.07, 6.45) is 1.04. The molecule has 1 aromatic heterocycles. The van der Waals surface area contributed by atoms with Crippen LogP contribution < -0.4 is 10.6 Å². The molecule has 2 aromatic rings. The molecule has 0 spiro atoms. The van der Waals surface area contributed by atoms with Crippen molar-refractivity contribution in [3.63, 3.8) is 0 Å². The van der Waals surface area contributed by atoms with Crippen LogP contribution in [0.4, 0.5) is 20.6 Å². The average Bonchev–Trinajstić information content (AvgIpc) is 2.94. The molecule has 1 atom stereocenters. The molecular formula is C16H20FN3O2S. The maximum Gasteiger partial charge on any atom is 0.412 e. The molecule has 2 rings (SSSR count). The molecule has 1 aromatic carbocycles. The number of rotatable bonds is 4. The fraction of sp³-hybridized carbons (Fsp3) is 0.375. The van der Waals surface area contributed by atoms with Crippen LogP contribution in [0.15, 0.2) is 29.8 Å². The van der Waals surface area contributed by atoms with Crippen molar-refractivity contribution in [1.29, 1.82) is 0 Å². The molecule has 0 saturated heterocycles. The first-order valence-electron chi connectivity index (χ1n) is 7.20. The summed E-state index contributed by atoms with van der Waals surface area (Å²) in [5.41, 5.74) is 0.103. The number of aromatic nitrogens is 1. The van der Waals surface area contributed by atoms with Crippen molar-refractivity contribution in [3.8, 4) is 0 Å². The zero-order valence-corrected chi connectivity index (χ0v) is 14.3. The van der Waals surface area contributed by atoms with Gasteiger partial charge >= 0.3 is 6.09 Å². The molecule has 124 valence electrons. The summed E-state index contributed by atoms with van der Waals surface area (Å²) in [6.45, 7) is 7.20. The number of hydrogen-bond donors (Lipinski definition) is 2. The lowest BCUT2D eigenvalue weighted by Crippen LogP contribution is -2.27. The molecule has 0 saturated carbocycles. The number of carbonyl (C=O) groups excluding carboxylic acids is 1. The monoisotopic (exact) mass is 337 g/mol. The van der Waals surface area contributed by atoms with Crippen molar-refractivity contribution >= 4 is 28.8 Å². The van der Waals surface area contributed by atoms with Crippen molar-refractivity contribution in [2.45, 2.75) is 39.3 Å². The summed E-state index contributed by atoms with van der Waals surface area (Å²) in [6, 6.07) is 4.42. The summed E-state index contributed by atoms with van der Waals surface area (Å²) >= 11 is 1.54. The first-order chi connectivity index (χ1) is 10.7. The maximum absolute atomic E-state index is 13.9. The third kappa shape index (κ3) is 5.21. The Morgan fingerprint density at radius 1 is 1.39 bits per heavy atom. The minimum Gasteiger partial charge on any atom is -0.444 e. The largest absolute Gasteiger partial charge is 0.444 e. The molecule has 2 N–H and O–H groups in total. The number of anilines is 2. The lowest BCUT2D eigenvalue weighted by Gasteiger charge is -2.20. The van der Waals surface area contributed by atoms with Gasteiger partial charge in [-0.15, -0.1) is 11.3 Å². The van der Waals surface area contributed by atoms with E-state index in [2.05, 4.69) is 15.6 Å². The summed E-state index contributed by atoms with van der Waals surface area (Å²) in [5.74, 6) is -0.525. The normalized spacial score (nSPS) is 12.6. The highest BCUT2D eigenvalue weighted by Gasteiger charge is 2.18. The second-order valence-electron chi connectivity index (χ2n) is 6.06. The number of halogens is 1. The molecule has 0 aliphatic heterocycles. The minimum atomic E-state index is -0.693. The van der Waals surface area contributed by atoms with Gasteiger partial charge < -0.3 is 10.1 Å². The van der Waals surface area contributed by atoms with Gasteiger partial charge in [0.15, 0.2) is 0 Å². The number of thiazole rings is 1. The smallest absolute Gasteiger partial charge is 0.412 e. The second kappa shape index (κ2) is 6.95. The zero-order chi connectivity index (χ0) is 17.0. The predicted molar refractivity (Wildman–Crippen MR) is 90.4 cm³/mol. The lowest BCUT2D eigenvalue weighted by atomic mass is 10.2. The summed E-state index contributed by atoms with van der Waals surface area (Å²) in [5, 5.41) is 8.47. The van der Waals surface area contributed by atoms with E-state index in [0.29, 0.717) is 5.69 Å². The molecule has 0 fully saturated rings. The van der Waals surface area contributed by atoms with E-state index in [4.69, 9.17) is 4.74 Å². The SMILES string of the molecule is CC(Nc1ccc(F)c(NC(=O)OC(C)(C)C)c1)c1nccs1. The standard InChI is InChI=1S/C16H20FN3O2S/c1-10(14-18-7-8-23-14)19-11-5-6-12(17)13(9-11)20-15(21)22-16(2,3)4/h5-10,19H,1-4H3,(H,20,21). The molecule has 1 unspecified atom stereocenters. The first kappa shape index (κ1) is 17.2. The Balaban J connectivity index is 2.08. The Morgan fingerprint density at radius 3 is 2.74 bits per heavy atom. The van der Waals surface area contributed by atoms with Crippen LogP contribution in [0.3, 0.4) is 0 Å². The molecule has 5 nitrogen and oxygen atoms in total. The summed E-state index contributed by atoms with van der Waals surface area (Å²) in [4.78, 5) is 16.0. The third-order valence-electron chi connectivity index (χ3n) is 2.81. The van der Waals surface area contributed by atoms with Crippen LogP contribution in [-0.2, 0) is 4.74 Å². The number of benzene rings is 1. The molecule has 0 aliphatic rings. The van der Waals surface area contributed by atoms with E-state index in [1.165, 1.54) is 23.5 Å². The van der Waals surface area contributed by atoms with E-state index in [0.717, 1.165) is 5.01 Å². The van der Waals surface area contributed by atoms with Crippen LogP contribution in [0.1, 0.15) is 38.7 Å². The molecule has 1 heterocycles. The van der Waals surface area contributed by atoms with E-state index < -0.39 is 17.5 Å². The molecule has 0 aliphatic carbocycles. The molecule has 0 bridgehead atoms. The van der Waals surface area contributed by atoms with Gasteiger partial charge in [0.25, 0.3) is 0 Å². The summed E-state index contributed by atoms with van der Waals surface area (Å²) < 4.78 is 19.0. The van der Waals surface area contributed by atoms with Gasteiger partial charge in [-0.3, -0.25) is 5.32 Å². The second-order valence-corrected chi connectivity index (χ2v) is 6.98. The Labute approximate surface area is 138 Å². The molecule has 7 heteroatoms. The Bertz CT molecular complexity index is 668. The molecule has 1 amide bonds. The van der Waals surface area contributed by atoms with E-state index in [-0.39, 0.29) is 11.7 Å². The lowest BCUT2D eigenvalue weighted by molar-refractivity contribution is 0.0635. The van der Waals surface area contributed by atoms with Crippen LogP contribution in [0.5, 0.6) is 0 Å². The Morgan fingerprint density at radius 2 is 2.13 bits per heavy atom. The van der Waals surface area contributed by atoms with Crippen LogP contribution >= 0.6 is 11.3 Å². The van der Waals surface area contributed by atoms with Crippen LogP contribution in [0, 0.1) is 5.82 Å². The van der Waals surface area contributed by atoms with Crippen molar-refractivity contribution < 1.29 is 13.9 Å². The molecule has 0 radical (unpaired) electrons. The topological polar surface area (TPSA) is 63.2 Å². The highest BCUT2D eigenvalue weighted by atomic mass is 32.1. The summed E-state index contributed by atoms with van der Waals surface area (Å²) in [7, 11) is 0. The Hall–Kier alpha value is -2.15. The van der Waals surface area contributed by atoms with Crippen molar-refractivity contribution in [1.82, 2.24) is 4.98 Å². The van der Waals surface area contributed by atoms with Gasteiger partial charge in [0.05, 0.1) is 11.7 Å². The van der Waals surface area contributed by atoms with Crippen LogP contribution in [0.2, 0.25) is 0 Å². The fourth-order valence-corrected chi connectivity index (χ4v) is 2.53. The van der Waals surface area contributed by atoms with Gasteiger partial charge in [0.2, 0.25) is 0 Å². The van der Waals surface area contributed by atoms with E-state index in [9.17, 15) is 9.18 Å². The maximum atomic E-state index is 13.9. The van der Waals surface area contributed by atoms with E-state index in [1.54, 1.807) is 33.0 Å². The predicted octanol–water partition coefficient (Wildman–Crippen LogP) is 4.80. The zero-order valence-electron chi connectivity index (χ0n) is 13.5. The van der Waals surface area contributed by atoms with E-state index >= 15 is 0 Å². The number of ether oxygens (including phenoxy) is 1.